The second kappa shape index (κ2) is 6.16. The maximum atomic E-state index is 4.48. The molecule has 0 aromatic carbocycles. The van der Waals surface area contributed by atoms with E-state index in [2.05, 4.69) is 52.6 Å². The summed E-state index contributed by atoms with van der Waals surface area (Å²) in [5, 5.41) is 6.73. The van der Waals surface area contributed by atoms with Crippen LogP contribution >= 0.6 is 11.3 Å². The summed E-state index contributed by atoms with van der Waals surface area (Å²) < 4.78 is 2.20. The SMILES string of the molecule is Cc1csc(Cn2ccc(CNCC(C)C)c2)n1. The van der Waals surface area contributed by atoms with Crippen molar-refractivity contribution in [2.75, 3.05) is 6.54 Å². The van der Waals surface area contributed by atoms with Gasteiger partial charge >= 0.3 is 0 Å². The lowest BCUT2D eigenvalue weighted by Crippen LogP contribution is -2.18. The van der Waals surface area contributed by atoms with Gasteiger partial charge in [-0.2, -0.15) is 0 Å². The van der Waals surface area contributed by atoms with Crippen molar-refractivity contribution in [2.45, 2.75) is 33.9 Å². The number of hydrogen-bond acceptors (Lipinski definition) is 3. The number of aromatic nitrogens is 2. The molecule has 0 saturated carbocycles. The smallest absolute Gasteiger partial charge is 0.113 e. The Kier molecular flexibility index (Phi) is 4.55. The summed E-state index contributed by atoms with van der Waals surface area (Å²) in [6.45, 7) is 9.38. The van der Waals surface area contributed by atoms with E-state index in [0.29, 0.717) is 5.92 Å². The summed E-state index contributed by atoms with van der Waals surface area (Å²) in [6, 6.07) is 2.17. The minimum Gasteiger partial charge on any atom is -0.347 e. The maximum Gasteiger partial charge on any atom is 0.113 e. The Bertz CT molecular complexity index is 485. The molecule has 0 amide bonds. The zero-order valence-electron chi connectivity index (χ0n) is 11.3. The second-order valence-electron chi connectivity index (χ2n) is 5.10. The fourth-order valence-corrected chi connectivity index (χ4v) is 2.61. The van der Waals surface area contributed by atoms with Gasteiger partial charge < -0.3 is 9.88 Å². The molecule has 0 radical (unpaired) electrons. The molecule has 3 nitrogen and oxygen atoms in total. The van der Waals surface area contributed by atoms with Gasteiger partial charge in [0, 0.05) is 30.0 Å². The van der Waals surface area contributed by atoms with Gasteiger partial charge in [0.05, 0.1) is 6.54 Å². The first-order valence-electron chi connectivity index (χ1n) is 6.40. The number of nitrogens with one attached hydrogen (secondary N) is 1. The quantitative estimate of drug-likeness (QED) is 0.868. The molecule has 2 aromatic rings. The Morgan fingerprint density at radius 1 is 1.44 bits per heavy atom. The van der Waals surface area contributed by atoms with E-state index in [0.717, 1.165) is 25.3 Å². The van der Waals surface area contributed by atoms with Crippen molar-refractivity contribution in [1.82, 2.24) is 14.9 Å². The predicted molar refractivity (Wildman–Crippen MR) is 76.9 cm³/mol. The van der Waals surface area contributed by atoms with Crippen LogP contribution in [0.25, 0.3) is 0 Å². The van der Waals surface area contributed by atoms with E-state index in [9.17, 15) is 0 Å². The Morgan fingerprint density at radius 3 is 2.94 bits per heavy atom. The first kappa shape index (κ1) is 13.3. The molecule has 0 spiro atoms. The third-order valence-corrected chi connectivity index (χ3v) is 3.63. The van der Waals surface area contributed by atoms with Crippen molar-refractivity contribution in [2.24, 2.45) is 5.92 Å². The van der Waals surface area contributed by atoms with Gasteiger partial charge in [0.1, 0.15) is 5.01 Å². The molecule has 0 aliphatic heterocycles. The molecule has 0 aliphatic rings. The predicted octanol–water partition coefficient (Wildman–Crippen LogP) is 3.05. The van der Waals surface area contributed by atoms with E-state index in [1.54, 1.807) is 11.3 Å². The summed E-state index contributed by atoms with van der Waals surface area (Å²) in [5.74, 6) is 0.699. The number of nitrogens with zero attached hydrogens (tertiary/aromatic N) is 2. The van der Waals surface area contributed by atoms with Gasteiger partial charge in [-0.05, 0) is 31.0 Å². The summed E-state index contributed by atoms with van der Waals surface area (Å²) in [4.78, 5) is 4.48. The average molecular weight is 263 g/mol. The molecule has 0 unspecified atom stereocenters. The minimum atomic E-state index is 0.699. The normalized spacial score (nSPS) is 11.3. The molecule has 2 heterocycles. The zero-order chi connectivity index (χ0) is 13.0. The minimum absolute atomic E-state index is 0.699. The van der Waals surface area contributed by atoms with Crippen LogP contribution < -0.4 is 5.32 Å². The number of hydrogen-bond donors (Lipinski definition) is 1. The molecule has 98 valence electrons. The van der Waals surface area contributed by atoms with E-state index in [1.165, 1.54) is 10.6 Å². The lowest BCUT2D eigenvalue weighted by molar-refractivity contribution is 0.552. The van der Waals surface area contributed by atoms with Gasteiger partial charge in [-0.3, -0.25) is 0 Å². The van der Waals surface area contributed by atoms with Gasteiger partial charge in [-0.15, -0.1) is 11.3 Å². The van der Waals surface area contributed by atoms with Crippen LogP contribution in [0.2, 0.25) is 0 Å². The van der Waals surface area contributed by atoms with Gasteiger partial charge in [0.2, 0.25) is 0 Å². The van der Waals surface area contributed by atoms with Crippen LogP contribution in [0.3, 0.4) is 0 Å². The Hall–Kier alpha value is -1.13. The molecule has 18 heavy (non-hydrogen) atoms. The molecular formula is C14H21N3S. The molecule has 1 N–H and O–H groups in total. The lowest BCUT2D eigenvalue weighted by atomic mass is 10.2. The van der Waals surface area contributed by atoms with Crippen molar-refractivity contribution >= 4 is 11.3 Å². The fourth-order valence-electron chi connectivity index (χ4n) is 1.83. The van der Waals surface area contributed by atoms with E-state index in [-0.39, 0.29) is 0 Å². The topological polar surface area (TPSA) is 29.9 Å². The molecule has 2 rings (SSSR count). The van der Waals surface area contributed by atoms with Gasteiger partial charge in [0.15, 0.2) is 0 Å². The summed E-state index contributed by atoms with van der Waals surface area (Å²) in [5.41, 5.74) is 2.45. The Labute approximate surface area is 113 Å². The molecule has 0 bridgehead atoms. The highest BCUT2D eigenvalue weighted by atomic mass is 32.1. The van der Waals surface area contributed by atoms with Crippen molar-refractivity contribution in [1.29, 1.82) is 0 Å². The monoisotopic (exact) mass is 263 g/mol. The molecule has 4 heteroatoms. The van der Waals surface area contributed by atoms with Crippen LogP contribution in [0.1, 0.15) is 30.1 Å². The van der Waals surface area contributed by atoms with Crippen LogP contribution in [0.4, 0.5) is 0 Å². The summed E-state index contributed by atoms with van der Waals surface area (Å²) in [6.07, 6.45) is 4.33. The Balaban J connectivity index is 1.86. The van der Waals surface area contributed by atoms with Crippen LogP contribution in [0, 0.1) is 12.8 Å². The van der Waals surface area contributed by atoms with Gasteiger partial charge in [0.25, 0.3) is 0 Å². The van der Waals surface area contributed by atoms with Crippen LogP contribution in [0.15, 0.2) is 23.8 Å². The van der Waals surface area contributed by atoms with Crippen LogP contribution in [-0.2, 0) is 13.1 Å². The molecule has 0 aliphatic carbocycles. The zero-order valence-corrected chi connectivity index (χ0v) is 12.1. The summed E-state index contributed by atoms with van der Waals surface area (Å²) >= 11 is 1.73. The largest absolute Gasteiger partial charge is 0.347 e. The summed E-state index contributed by atoms with van der Waals surface area (Å²) in [7, 11) is 0. The second-order valence-corrected chi connectivity index (χ2v) is 6.04. The van der Waals surface area contributed by atoms with Gasteiger partial charge in [-0.1, -0.05) is 13.8 Å². The molecular weight excluding hydrogens is 242 g/mol. The van der Waals surface area contributed by atoms with E-state index in [1.807, 2.05) is 6.92 Å². The molecule has 0 saturated heterocycles. The maximum absolute atomic E-state index is 4.48. The standard InChI is InChI=1S/C14H21N3S/c1-11(2)6-15-7-13-4-5-17(8-13)9-14-16-12(3)10-18-14/h4-5,8,10-11,15H,6-7,9H2,1-3H3. The molecule has 0 fully saturated rings. The van der Waals surface area contributed by atoms with E-state index < -0.39 is 0 Å². The average Bonchev–Trinajstić information content (AvgIpc) is 2.89. The highest BCUT2D eigenvalue weighted by molar-refractivity contribution is 7.09. The van der Waals surface area contributed by atoms with Crippen LogP contribution in [-0.4, -0.2) is 16.1 Å². The third kappa shape index (κ3) is 3.96. The van der Waals surface area contributed by atoms with Crippen molar-refractivity contribution in [3.8, 4) is 0 Å². The Morgan fingerprint density at radius 2 is 2.28 bits per heavy atom. The van der Waals surface area contributed by atoms with Gasteiger partial charge in [-0.25, -0.2) is 4.98 Å². The highest BCUT2D eigenvalue weighted by Gasteiger charge is 2.02. The molecule has 0 atom stereocenters. The molecule has 2 aromatic heterocycles. The van der Waals surface area contributed by atoms with Crippen LogP contribution in [0.5, 0.6) is 0 Å². The third-order valence-electron chi connectivity index (χ3n) is 2.68. The van der Waals surface area contributed by atoms with E-state index >= 15 is 0 Å². The highest BCUT2D eigenvalue weighted by Crippen LogP contribution is 2.11. The number of rotatable bonds is 6. The van der Waals surface area contributed by atoms with E-state index in [4.69, 9.17) is 0 Å². The van der Waals surface area contributed by atoms with Crippen molar-refractivity contribution in [3.05, 3.63) is 40.1 Å². The first-order valence-corrected chi connectivity index (χ1v) is 7.28. The fraction of sp³-hybridized carbons (Fsp3) is 0.500. The van der Waals surface area contributed by atoms with Crippen molar-refractivity contribution in [3.63, 3.8) is 0 Å². The number of aryl methyl sites for hydroxylation is 1. The lowest BCUT2D eigenvalue weighted by Gasteiger charge is -2.05. The first-order chi connectivity index (χ1) is 8.63. The number of thiazole rings is 1. The van der Waals surface area contributed by atoms with Crippen molar-refractivity contribution < 1.29 is 0 Å².